The van der Waals surface area contributed by atoms with Crippen molar-refractivity contribution in [3.63, 3.8) is 0 Å². The minimum Gasteiger partial charge on any atom is -0.366 e. The number of para-hydroxylation sites is 1. The average Bonchev–Trinajstić information content (AvgIpc) is 2.90. The van der Waals surface area contributed by atoms with Gasteiger partial charge >= 0.3 is 0 Å². The van der Waals surface area contributed by atoms with Crippen molar-refractivity contribution < 1.29 is 4.79 Å². The molecule has 0 atom stereocenters. The first kappa shape index (κ1) is 14.3. The molecule has 2 aromatic carbocycles. The highest BCUT2D eigenvalue weighted by Gasteiger charge is 2.15. The van der Waals surface area contributed by atoms with E-state index >= 15 is 0 Å². The second kappa shape index (κ2) is 4.98. The lowest BCUT2D eigenvalue weighted by molar-refractivity contribution is 0.100. The van der Waals surface area contributed by atoms with E-state index in [1.165, 1.54) is 5.56 Å². The highest BCUT2D eigenvalue weighted by atomic mass is 16.1. The molecule has 3 rings (SSSR count). The fourth-order valence-corrected chi connectivity index (χ4v) is 2.50. The van der Waals surface area contributed by atoms with Gasteiger partial charge in [0.2, 0.25) is 0 Å². The molecule has 0 unspecified atom stereocenters. The van der Waals surface area contributed by atoms with Gasteiger partial charge in [0.05, 0.1) is 11.1 Å². The third kappa shape index (κ3) is 2.48. The Kier molecular flexibility index (Phi) is 3.24. The maximum atomic E-state index is 11.5. The molecule has 22 heavy (non-hydrogen) atoms. The van der Waals surface area contributed by atoms with Gasteiger partial charge in [-0.2, -0.15) is 0 Å². The topological polar surface area (TPSA) is 71.8 Å². The van der Waals surface area contributed by atoms with Crippen LogP contribution in [0.5, 0.6) is 0 Å². The van der Waals surface area contributed by atoms with Crippen molar-refractivity contribution >= 4 is 16.9 Å². The first-order chi connectivity index (χ1) is 10.4. The maximum absolute atomic E-state index is 11.5. The van der Waals surface area contributed by atoms with Gasteiger partial charge in [-0.15, -0.1) is 0 Å². The predicted molar refractivity (Wildman–Crippen MR) is 88.7 cm³/mol. The van der Waals surface area contributed by atoms with Crippen molar-refractivity contribution in [1.29, 1.82) is 0 Å². The number of fused-ring (bicyclic) bond motifs is 1. The number of primary amides is 1. The van der Waals surface area contributed by atoms with Crippen molar-refractivity contribution in [3.05, 3.63) is 53.6 Å². The molecule has 0 aliphatic carbocycles. The zero-order chi connectivity index (χ0) is 15.9. The van der Waals surface area contributed by atoms with Gasteiger partial charge in [0.25, 0.3) is 5.91 Å². The highest BCUT2D eigenvalue weighted by Crippen LogP contribution is 2.26. The van der Waals surface area contributed by atoms with Gasteiger partial charge in [0.1, 0.15) is 11.3 Å². The first-order valence-electron chi connectivity index (χ1n) is 7.26. The van der Waals surface area contributed by atoms with Crippen LogP contribution in [0.15, 0.2) is 42.5 Å². The van der Waals surface area contributed by atoms with E-state index in [1.807, 2.05) is 18.2 Å². The van der Waals surface area contributed by atoms with Crippen LogP contribution in [0, 0.1) is 0 Å². The molecule has 0 fully saturated rings. The Labute approximate surface area is 129 Å². The smallest absolute Gasteiger partial charge is 0.250 e. The second-order valence-corrected chi connectivity index (χ2v) is 6.48. The van der Waals surface area contributed by atoms with Crippen molar-refractivity contribution in [1.82, 2.24) is 9.97 Å². The summed E-state index contributed by atoms with van der Waals surface area (Å²) in [7, 11) is 0. The number of aromatic nitrogens is 2. The fraction of sp³-hybridized carbons (Fsp3) is 0.222. The lowest BCUT2D eigenvalue weighted by Crippen LogP contribution is -2.11. The largest absolute Gasteiger partial charge is 0.366 e. The lowest BCUT2D eigenvalue weighted by Gasteiger charge is -2.18. The number of nitrogens with zero attached hydrogens (tertiary/aromatic N) is 1. The van der Waals surface area contributed by atoms with Crippen LogP contribution in [-0.2, 0) is 5.41 Å². The molecule has 112 valence electrons. The fourth-order valence-electron chi connectivity index (χ4n) is 2.50. The van der Waals surface area contributed by atoms with Crippen LogP contribution in [0.1, 0.15) is 36.7 Å². The molecule has 0 saturated carbocycles. The average molecular weight is 293 g/mol. The van der Waals surface area contributed by atoms with Crippen LogP contribution >= 0.6 is 0 Å². The summed E-state index contributed by atoms with van der Waals surface area (Å²) in [6, 6.07) is 13.7. The number of nitrogens with one attached hydrogen (secondary N) is 1. The number of H-pyrrole nitrogens is 1. The van der Waals surface area contributed by atoms with Gasteiger partial charge in [-0.05, 0) is 23.1 Å². The zero-order valence-electron chi connectivity index (χ0n) is 13.0. The monoisotopic (exact) mass is 293 g/mol. The van der Waals surface area contributed by atoms with E-state index in [-0.39, 0.29) is 5.41 Å². The lowest BCUT2D eigenvalue weighted by atomic mass is 9.87. The number of carbonyl (C=O) groups is 1. The summed E-state index contributed by atoms with van der Waals surface area (Å²) in [5.74, 6) is 0.274. The van der Waals surface area contributed by atoms with Crippen LogP contribution < -0.4 is 5.73 Å². The number of hydrogen-bond donors (Lipinski definition) is 2. The van der Waals surface area contributed by atoms with Crippen LogP contribution in [0.25, 0.3) is 22.4 Å². The molecule has 3 N–H and O–H groups in total. The molecule has 4 heteroatoms. The van der Waals surface area contributed by atoms with Crippen LogP contribution in [0.2, 0.25) is 0 Å². The number of carbonyl (C=O) groups excluding carboxylic acids is 1. The molecule has 0 spiro atoms. The van der Waals surface area contributed by atoms with Crippen molar-refractivity contribution in [2.24, 2.45) is 5.73 Å². The van der Waals surface area contributed by atoms with Gasteiger partial charge in [-0.3, -0.25) is 4.79 Å². The Hall–Kier alpha value is -2.62. The SMILES string of the molecule is CC(C)(C)c1ccc(-c2nc3c(C(N)=O)cccc3[nH]2)cc1. The third-order valence-corrected chi connectivity index (χ3v) is 3.80. The van der Waals surface area contributed by atoms with E-state index in [9.17, 15) is 4.79 Å². The molecule has 1 heterocycles. The highest BCUT2D eigenvalue weighted by molar-refractivity contribution is 6.04. The van der Waals surface area contributed by atoms with Crippen LogP contribution in [-0.4, -0.2) is 15.9 Å². The van der Waals surface area contributed by atoms with Crippen molar-refractivity contribution in [2.45, 2.75) is 26.2 Å². The van der Waals surface area contributed by atoms with Gasteiger partial charge in [0.15, 0.2) is 0 Å². The molecule has 0 aliphatic rings. The van der Waals surface area contributed by atoms with E-state index in [2.05, 4.69) is 42.9 Å². The normalized spacial score (nSPS) is 11.8. The van der Waals surface area contributed by atoms with E-state index < -0.39 is 5.91 Å². The van der Waals surface area contributed by atoms with E-state index in [4.69, 9.17) is 5.73 Å². The molecule has 0 bridgehead atoms. The summed E-state index contributed by atoms with van der Waals surface area (Å²) in [4.78, 5) is 19.3. The number of rotatable bonds is 2. The molecule has 0 radical (unpaired) electrons. The number of nitrogens with two attached hydrogens (primary N) is 1. The van der Waals surface area contributed by atoms with Gasteiger partial charge < -0.3 is 10.7 Å². The van der Waals surface area contributed by atoms with E-state index in [0.29, 0.717) is 11.1 Å². The summed E-state index contributed by atoms with van der Waals surface area (Å²) in [6.45, 7) is 6.55. The van der Waals surface area contributed by atoms with Gasteiger partial charge in [0, 0.05) is 5.56 Å². The molecule has 1 amide bonds. The first-order valence-corrected chi connectivity index (χ1v) is 7.26. The Morgan fingerprint density at radius 1 is 1.09 bits per heavy atom. The molecule has 0 saturated heterocycles. The predicted octanol–water partition coefficient (Wildman–Crippen LogP) is 3.63. The Balaban J connectivity index is 2.07. The standard InChI is InChI=1S/C18H19N3O/c1-18(2,3)12-9-7-11(8-10-12)17-20-14-6-4-5-13(16(19)22)15(14)21-17/h4-10H,1-3H3,(H2,19,22)(H,20,21). The van der Waals surface area contributed by atoms with Crippen LogP contribution in [0.4, 0.5) is 0 Å². The summed E-state index contributed by atoms with van der Waals surface area (Å²) in [5, 5.41) is 0. The summed E-state index contributed by atoms with van der Waals surface area (Å²) in [6.07, 6.45) is 0. The minimum atomic E-state index is -0.466. The number of amides is 1. The second-order valence-electron chi connectivity index (χ2n) is 6.48. The Morgan fingerprint density at radius 2 is 1.77 bits per heavy atom. The molecule has 0 aliphatic heterocycles. The molecular formula is C18H19N3O. The Bertz CT molecular complexity index is 839. The number of hydrogen-bond acceptors (Lipinski definition) is 2. The van der Waals surface area contributed by atoms with E-state index in [0.717, 1.165) is 16.9 Å². The minimum absolute atomic E-state index is 0.117. The van der Waals surface area contributed by atoms with E-state index in [1.54, 1.807) is 12.1 Å². The molecular weight excluding hydrogens is 274 g/mol. The van der Waals surface area contributed by atoms with Gasteiger partial charge in [-0.25, -0.2) is 4.98 Å². The summed E-state index contributed by atoms with van der Waals surface area (Å²) in [5.41, 5.74) is 9.64. The zero-order valence-corrected chi connectivity index (χ0v) is 13.0. The molecule has 3 aromatic rings. The number of imidazole rings is 1. The van der Waals surface area contributed by atoms with Crippen molar-refractivity contribution in [3.8, 4) is 11.4 Å². The number of aromatic amines is 1. The quantitative estimate of drug-likeness (QED) is 0.757. The third-order valence-electron chi connectivity index (χ3n) is 3.80. The van der Waals surface area contributed by atoms with Crippen molar-refractivity contribution in [2.75, 3.05) is 0 Å². The molecule has 1 aromatic heterocycles. The maximum Gasteiger partial charge on any atom is 0.250 e. The summed E-state index contributed by atoms with van der Waals surface area (Å²) >= 11 is 0. The summed E-state index contributed by atoms with van der Waals surface area (Å²) < 4.78 is 0. The van der Waals surface area contributed by atoms with Gasteiger partial charge in [-0.1, -0.05) is 51.1 Å². The number of benzene rings is 2. The Morgan fingerprint density at radius 3 is 2.36 bits per heavy atom. The molecule has 4 nitrogen and oxygen atoms in total. The van der Waals surface area contributed by atoms with Crippen LogP contribution in [0.3, 0.4) is 0 Å².